The third-order valence-electron chi connectivity index (χ3n) is 3.02. The molecule has 1 unspecified atom stereocenters. The van der Waals surface area contributed by atoms with Gasteiger partial charge in [-0.25, -0.2) is 0 Å². The molecule has 0 saturated carbocycles. The minimum absolute atomic E-state index is 0.0733. The molecule has 0 fully saturated rings. The highest BCUT2D eigenvalue weighted by atomic mass is 16.6. The summed E-state index contributed by atoms with van der Waals surface area (Å²) in [5.41, 5.74) is 0.0979. The highest BCUT2D eigenvalue weighted by molar-refractivity contribution is 5.70. The molecule has 0 spiro atoms. The molecule has 0 radical (unpaired) electrons. The van der Waals surface area contributed by atoms with E-state index in [2.05, 4.69) is 0 Å². The number of rotatable bonds is 5. The van der Waals surface area contributed by atoms with Crippen molar-refractivity contribution in [3.63, 3.8) is 0 Å². The Kier molecular flexibility index (Phi) is 5.40. The van der Waals surface area contributed by atoms with Crippen LogP contribution in [0.15, 0.2) is 54.6 Å². The van der Waals surface area contributed by atoms with Gasteiger partial charge in [-0.15, -0.1) is 0 Å². The first kappa shape index (κ1) is 17.0. The summed E-state index contributed by atoms with van der Waals surface area (Å²) in [7, 11) is 0. The number of carbonyl (C=O) groups is 1. The van der Waals surface area contributed by atoms with Crippen LogP contribution >= 0.6 is 0 Å². The second-order valence-corrected chi connectivity index (χ2v) is 6.29. The van der Waals surface area contributed by atoms with Crippen LogP contribution in [0.3, 0.4) is 0 Å². The van der Waals surface area contributed by atoms with Crippen LogP contribution in [-0.2, 0) is 9.53 Å². The van der Waals surface area contributed by atoms with E-state index in [0.29, 0.717) is 11.3 Å². The molecule has 2 rings (SSSR count). The van der Waals surface area contributed by atoms with Crippen LogP contribution in [0.5, 0.6) is 11.5 Å². The summed E-state index contributed by atoms with van der Waals surface area (Å²) in [6, 6.07) is 16.5. The average Bonchev–Trinajstić information content (AvgIpc) is 2.47. The number of ether oxygens (including phenoxy) is 2. The van der Waals surface area contributed by atoms with Crippen LogP contribution in [0, 0.1) is 0 Å². The van der Waals surface area contributed by atoms with E-state index in [4.69, 9.17) is 9.47 Å². The van der Waals surface area contributed by atoms with Gasteiger partial charge >= 0.3 is 5.97 Å². The van der Waals surface area contributed by atoms with Crippen molar-refractivity contribution in [2.45, 2.75) is 38.9 Å². The molecule has 0 heterocycles. The van der Waals surface area contributed by atoms with Gasteiger partial charge in [-0.3, -0.25) is 4.79 Å². The van der Waals surface area contributed by atoms with Gasteiger partial charge in [-0.05, 0) is 50.6 Å². The van der Waals surface area contributed by atoms with Crippen LogP contribution < -0.4 is 4.74 Å². The van der Waals surface area contributed by atoms with Gasteiger partial charge in [0.2, 0.25) is 0 Å². The molecule has 0 bridgehead atoms. The third-order valence-corrected chi connectivity index (χ3v) is 3.02. The van der Waals surface area contributed by atoms with Crippen molar-refractivity contribution >= 4 is 5.97 Å². The normalized spacial score (nSPS) is 12.5. The molecule has 0 amide bonds. The van der Waals surface area contributed by atoms with Crippen LogP contribution in [0.1, 0.15) is 38.9 Å². The van der Waals surface area contributed by atoms with E-state index in [-0.39, 0.29) is 6.42 Å². The fraction of sp³-hybridized carbons (Fsp3) is 0.316. The van der Waals surface area contributed by atoms with Gasteiger partial charge in [0.25, 0.3) is 0 Å². The third kappa shape index (κ3) is 5.75. The minimum Gasteiger partial charge on any atom is -0.460 e. The van der Waals surface area contributed by atoms with Gasteiger partial charge < -0.3 is 14.6 Å². The van der Waals surface area contributed by atoms with Crippen molar-refractivity contribution in [2.24, 2.45) is 0 Å². The van der Waals surface area contributed by atoms with Crippen LogP contribution in [-0.4, -0.2) is 16.7 Å². The zero-order valence-electron chi connectivity index (χ0n) is 13.7. The first-order chi connectivity index (χ1) is 10.8. The maximum atomic E-state index is 11.7. The number of esters is 1. The quantitative estimate of drug-likeness (QED) is 0.839. The Morgan fingerprint density at radius 2 is 1.57 bits per heavy atom. The molecule has 0 aromatic heterocycles. The summed E-state index contributed by atoms with van der Waals surface area (Å²) >= 11 is 0. The molecule has 4 nitrogen and oxygen atoms in total. The molecule has 1 atom stereocenters. The average molecular weight is 314 g/mol. The summed E-state index contributed by atoms with van der Waals surface area (Å²) < 4.78 is 10.9. The number of carbonyl (C=O) groups excluding carboxylic acids is 1. The molecule has 1 N–H and O–H groups in total. The van der Waals surface area contributed by atoms with Gasteiger partial charge in [0.05, 0.1) is 12.5 Å². The number of benzene rings is 2. The Morgan fingerprint density at radius 1 is 1.00 bits per heavy atom. The standard InChI is InChI=1S/C19H22O4/c1-19(2,3)23-18(21)13-17(20)14-9-11-16(12-10-14)22-15-7-5-4-6-8-15/h4-12,17,20H,13H2,1-3H3. The Labute approximate surface area is 136 Å². The van der Waals surface area contributed by atoms with Crippen molar-refractivity contribution in [2.75, 3.05) is 0 Å². The summed E-state index contributed by atoms with van der Waals surface area (Å²) in [4.78, 5) is 11.7. The van der Waals surface area contributed by atoms with Crippen LogP contribution in [0.4, 0.5) is 0 Å². The smallest absolute Gasteiger partial charge is 0.309 e. The Morgan fingerprint density at radius 3 is 2.13 bits per heavy atom. The lowest BCUT2D eigenvalue weighted by Crippen LogP contribution is -2.24. The molecule has 2 aromatic rings. The lowest BCUT2D eigenvalue weighted by Gasteiger charge is -2.20. The molecule has 4 heteroatoms. The van der Waals surface area contributed by atoms with E-state index in [9.17, 15) is 9.90 Å². The van der Waals surface area contributed by atoms with Gasteiger partial charge in [-0.2, -0.15) is 0 Å². The van der Waals surface area contributed by atoms with Gasteiger partial charge in [-0.1, -0.05) is 30.3 Å². The van der Waals surface area contributed by atoms with Crippen molar-refractivity contribution in [3.05, 3.63) is 60.2 Å². The Balaban J connectivity index is 1.95. The number of hydrogen-bond donors (Lipinski definition) is 1. The van der Waals surface area contributed by atoms with Crippen molar-refractivity contribution in [1.29, 1.82) is 0 Å². The number of hydrogen-bond acceptors (Lipinski definition) is 4. The molecule has 2 aromatic carbocycles. The number of para-hydroxylation sites is 1. The molecular formula is C19H22O4. The molecule has 23 heavy (non-hydrogen) atoms. The van der Waals surface area contributed by atoms with E-state index in [1.807, 2.05) is 30.3 Å². The van der Waals surface area contributed by atoms with E-state index in [1.165, 1.54) is 0 Å². The first-order valence-corrected chi connectivity index (χ1v) is 7.56. The summed E-state index contributed by atoms with van der Waals surface area (Å²) in [6.45, 7) is 5.40. The molecule has 0 saturated heterocycles. The highest BCUT2D eigenvalue weighted by Crippen LogP contribution is 2.25. The SMILES string of the molecule is CC(C)(C)OC(=O)CC(O)c1ccc(Oc2ccccc2)cc1. The zero-order chi connectivity index (χ0) is 16.9. The fourth-order valence-corrected chi connectivity index (χ4v) is 2.04. The highest BCUT2D eigenvalue weighted by Gasteiger charge is 2.20. The molecule has 0 aliphatic rings. The molecule has 0 aliphatic heterocycles. The van der Waals surface area contributed by atoms with Gasteiger partial charge in [0.15, 0.2) is 0 Å². The zero-order valence-corrected chi connectivity index (χ0v) is 13.7. The Bertz CT molecular complexity index is 627. The lowest BCUT2D eigenvalue weighted by molar-refractivity contribution is -0.157. The van der Waals surface area contributed by atoms with Gasteiger partial charge in [0, 0.05) is 0 Å². The first-order valence-electron chi connectivity index (χ1n) is 7.56. The monoisotopic (exact) mass is 314 g/mol. The van der Waals surface area contributed by atoms with Crippen molar-refractivity contribution < 1.29 is 19.4 Å². The van der Waals surface area contributed by atoms with Crippen LogP contribution in [0.2, 0.25) is 0 Å². The summed E-state index contributed by atoms with van der Waals surface area (Å²) in [6.07, 6.45) is -0.966. The second kappa shape index (κ2) is 7.29. The predicted molar refractivity (Wildman–Crippen MR) is 88.4 cm³/mol. The van der Waals surface area contributed by atoms with E-state index in [0.717, 1.165) is 5.75 Å². The minimum atomic E-state index is -0.893. The second-order valence-electron chi connectivity index (χ2n) is 6.29. The van der Waals surface area contributed by atoms with Crippen LogP contribution in [0.25, 0.3) is 0 Å². The lowest BCUT2D eigenvalue weighted by atomic mass is 10.1. The topological polar surface area (TPSA) is 55.8 Å². The predicted octanol–water partition coefficient (Wildman–Crippen LogP) is 4.24. The van der Waals surface area contributed by atoms with Crippen molar-refractivity contribution in [1.82, 2.24) is 0 Å². The fourth-order valence-electron chi connectivity index (χ4n) is 2.04. The van der Waals surface area contributed by atoms with Gasteiger partial charge in [0.1, 0.15) is 17.1 Å². The number of aliphatic hydroxyl groups is 1. The van der Waals surface area contributed by atoms with Crippen molar-refractivity contribution in [3.8, 4) is 11.5 Å². The van der Waals surface area contributed by atoms with E-state index in [1.54, 1.807) is 45.0 Å². The largest absolute Gasteiger partial charge is 0.460 e. The van der Waals surface area contributed by atoms with E-state index >= 15 is 0 Å². The molecular weight excluding hydrogens is 292 g/mol. The number of aliphatic hydroxyl groups excluding tert-OH is 1. The maximum absolute atomic E-state index is 11.7. The Hall–Kier alpha value is -2.33. The maximum Gasteiger partial charge on any atom is 0.309 e. The van der Waals surface area contributed by atoms with E-state index < -0.39 is 17.7 Å². The summed E-state index contributed by atoms with van der Waals surface area (Å²) in [5, 5.41) is 10.1. The summed E-state index contributed by atoms with van der Waals surface area (Å²) in [5.74, 6) is 0.994. The molecule has 122 valence electrons. The molecule has 0 aliphatic carbocycles.